The first-order chi connectivity index (χ1) is 14.3. The lowest BCUT2D eigenvalue weighted by Crippen LogP contribution is -2.39. The molecule has 2 rings (SSSR count). The molecule has 0 radical (unpaired) electrons. The van der Waals surface area contributed by atoms with Gasteiger partial charge in [0.15, 0.2) is 0 Å². The van der Waals surface area contributed by atoms with E-state index in [1.165, 1.54) is 48.5 Å². The number of benzene rings is 2. The summed E-state index contributed by atoms with van der Waals surface area (Å²) in [7, 11) is 0. The topological polar surface area (TPSA) is 157 Å². The van der Waals surface area contributed by atoms with E-state index in [-0.39, 0.29) is 18.0 Å². The van der Waals surface area contributed by atoms with Crippen molar-refractivity contribution < 1.29 is 28.8 Å². The molecule has 0 saturated heterocycles. The Morgan fingerprint density at radius 1 is 0.900 bits per heavy atom. The Balaban J connectivity index is 1.81. The normalized spacial score (nSPS) is 9.90. The van der Waals surface area contributed by atoms with Crippen molar-refractivity contribution in [2.75, 3.05) is 23.8 Å². The Morgan fingerprint density at radius 3 is 2.03 bits per heavy atom. The third kappa shape index (κ3) is 6.41. The molecular formula is C19H18N4O7. The molecule has 0 fully saturated rings. The number of nitro benzene ring substituents is 1. The second kappa shape index (κ2) is 10.3. The fraction of sp³-hybridized carbons (Fsp3) is 0.158. The van der Waals surface area contributed by atoms with Crippen LogP contribution >= 0.6 is 0 Å². The lowest BCUT2D eigenvalue weighted by Gasteiger charge is -2.08. The SMILES string of the molecule is CCOC(=O)c1ccc(NC(=O)C(=O)NCC(=O)Nc2ccc([N+](=O)[O-])cc2)cc1. The maximum absolute atomic E-state index is 11.9. The minimum atomic E-state index is -1.04. The van der Waals surface area contributed by atoms with Crippen molar-refractivity contribution in [1.29, 1.82) is 0 Å². The molecule has 0 aromatic heterocycles. The molecule has 11 nitrogen and oxygen atoms in total. The molecule has 0 unspecified atom stereocenters. The number of ether oxygens (including phenoxy) is 1. The minimum absolute atomic E-state index is 0.131. The van der Waals surface area contributed by atoms with E-state index < -0.39 is 35.2 Å². The van der Waals surface area contributed by atoms with E-state index in [4.69, 9.17) is 4.74 Å². The van der Waals surface area contributed by atoms with E-state index in [0.717, 1.165) is 0 Å². The van der Waals surface area contributed by atoms with Crippen LogP contribution in [0.1, 0.15) is 17.3 Å². The molecule has 3 amide bonds. The second-order valence-electron chi connectivity index (χ2n) is 5.79. The van der Waals surface area contributed by atoms with Gasteiger partial charge in [-0.25, -0.2) is 4.79 Å². The van der Waals surface area contributed by atoms with Gasteiger partial charge in [-0.3, -0.25) is 24.5 Å². The Labute approximate surface area is 170 Å². The van der Waals surface area contributed by atoms with E-state index in [1.807, 2.05) is 0 Å². The van der Waals surface area contributed by atoms with Crippen molar-refractivity contribution in [3.8, 4) is 0 Å². The minimum Gasteiger partial charge on any atom is -0.462 e. The van der Waals surface area contributed by atoms with Gasteiger partial charge in [-0.2, -0.15) is 0 Å². The molecule has 11 heteroatoms. The van der Waals surface area contributed by atoms with Gasteiger partial charge in [0.25, 0.3) is 5.69 Å². The highest BCUT2D eigenvalue weighted by atomic mass is 16.6. The number of amides is 3. The van der Waals surface area contributed by atoms with E-state index in [2.05, 4.69) is 16.0 Å². The highest BCUT2D eigenvalue weighted by molar-refractivity contribution is 6.39. The Hall–Kier alpha value is -4.28. The van der Waals surface area contributed by atoms with Crippen LogP contribution in [-0.2, 0) is 19.1 Å². The van der Waals surface area contributed by atoms with Crippen LogP contribution in [0, 0.1) is 10.1 Å². The van der Waals surface area contributed by atoms with Crippen molar-refractivity contribution in [3.05, 3.63) is 64.2 Å². The van der Waals surface area contributed by atoms with Gasteiger partial charge in [0, 0.05) is 23.5 Å². The smallest absolute Gasteiger partial charge is 0.338 e. The van der Waals surface area contributed by atoms with E-state index in [9.17, 15) is 29.3 Å². The predicted molar refractivity (Wildman–Crippen MR) is 106 cm³/mol. The molecule has 3 N–H and O–H groups in total. The summed E-state index contributed by atoms with van der Waals surface area (Å²) >= 11 is 0. The highest BCUT2D eigenvalue weighted by Crippen LogP contribution is 2.15. The fourth-order valence-electron chi connectivity index (χ4n) is 2.20. The zero-order valence-electron chi connectivity index (χ0n) is 15.8. The number of esters is 1. The average molecular weight is 414 g/mol. The van der Waals surface area contributed by atoms with Gasteiger partial charge >= 0.3 is 17.8 Å². The number of anilines is 2. The van der Waals surface area contributed by atoms with Crippen LogP contribution in [0.2, 0.25) is 0 Å². The summed E-state index contributed by atoms with van der Waals surface area (Å²) in [6.45, 7) is 1.43. The van der Waals surface area contributed by atoms with Crippen LogP contribution in [0.5, 0.6) is 0 Å². The van der Waals surface area contributed by atoms with Crippen molar-refractivity contribution >= 4 is 40.8 Å². The molecule has 0 aliphatic carbocycles. The molecule has 0 heterocycles. The summed E-state index contributed by atoms with van der Waals surface area (Å²) in [5.41, 5.74) is 0.736. The van der Waals surface area contributed by atoms with Crippen LogP contribution < -0.4 is 16.0 Å². The molecule has 0 atom stereocenters. The number of carbonyl (C=O) groups excluding carboxylic acids is 4. The Kier molecular flexibility index (Phi) is 7.57. The quantitative estimate of drug-likeness (QED) is 0.268. The zero-order chi connectivity index (χ0) is 22.1. The molecule has 30 heavy (non-hydrogen) atoms. The molecule has 156 valence electrons. The molecule has 0 aliphatic rings. The maximum atomic E-state index is 11.9. The summed E-state index contributed by atoms with van der Waals surface area (Å²) in [5.74, 6) is -3.17. The monoisotopic (exact) mass is 414 g/mol. The molecular weight excluding hydrogens is 396 g/mol. The van der Waals surface area contributed by atoms with Crippen LogP contribution in [0.3, 0.4) is 0 Å². The van der Waals surface area contributed by atoms with Crippen LogP contribution in [-0.4, -0.2) is 41.8 Å². The van der Waals surface area contributed by atoms with Crippen LogP contribution in [0.25, 0.3) is 0 Å². The van der Waals surface area contributed by atoms with Crippen molar-refractivity contribution in [2.45, 2.75) is 6.92 Å². The number of nitro groups is 1. The fourth-order valence-corrected chi connectivity index (χ4v) is 2.20. The lowest BCUT2D eigenvalue weighted by molar-refractivity contribution is -0.384. The summed E-state index contributed by atoms with van der Waals surface area (Å²) in [5, 5.41) is 17.5. The third-order valence-electron chi connectivity index (χ3n) is 3.63. The first-order valence-corrected chi connectivity index (χ1v) is 8.70. The summed E-state index contributed by atoms with van der Waals surface area (Å²) in [6.07, 6.45) is 0. The molecule has 0 aliphatic heterocycles. The second-order valence-corrected chi connectivity index (χ2v) is 5.79. The van der Waals surface area contributed by atoms with Gasteiger partial charge in [-0.15, -0.1) is 0 Å². The molecule has 2 aromatic rings. The van der Waals surface area contributed by atoms with Crippen molar-refractivity contribution in [1.82, 2.24) is 5.32 Å². The van der Waals surface area contributed by atoms with E-state index in [1.54, 1.807) is 6.92 Å². The first-order valence-electron chi connectivity index (χ1n) is 8.70. The number of hydrogen-bond donors (Lipinski definition) is 3. The van der Waals surface area contributed by atoms with E-state index >= 15 is 0 Å². The van der Waals surface area contributed by atoms with Gasteiger partial charge in [-0.1, -0.05) is 0 Å². The Bertz CT molecular complexity index is 956. The molecule has 0 saturated carbocycles. The molecule has 0 spiro atoms. The number of carbonyl (C=O) groups is 4. The lowest BCUT2D eigenvalue weighted by atomic mass is 10.2. The maximum Gasteiger partial charge on any atom is 0.338 e. The number of nitrogens with one attached hydrogen (secondary N) is 3. The van der Waals surface area contributed by atoms with Gasteiger partial charge in [0.1, 0.15) is 0 Å². The number of rotatable bonds is 7. The largest absolute Gasteiger partial charge is 0.462 e. The number of nitrogens with zero attached hydrogens (tertiary/aromatic N) is 1. The number of non-ortho nitro benzene ring substituents is 1. The van der Waals surface area contributed by atoms with Crippen molar-refractivity contribution in [2.24, 2.45) is 0 Å². The summed E-state index contributed by atoms with van der Waals surface area (Å²) < 4.78 is 4.84. The first kappa shape index (κ1) is 22.0. The van der Waals surface area contributed by atoms with Crippen LogP contribution in [0.4, 0.5) is 17.1 Å². The summed E-state index contributed by atoms with van der Waals surface area (Å²) in [6, 6.07) is 10.8. The average Bonchev–Trinajstić information content (AvgIpc) is 2.73. The standard InChI is InChI=1S/C19H18N4O7/c1-2-30-19(27)12-3-5-14(6-4-12)22-18(26)17(25)20-11-16(24)21-13-7-9-15(10-8-13)23(28)29/h3-10H,2,11H2,1H3,(H,20,25)(H,21,24)(H,22,26). The molecule has 2 aromatic carbocycles. The Morgan fingerprint density at radius 2 is 1.47 bits per heavy atom. The van der Waals surface area contributed by atoms with Gasteiger partial charge in [0.05, 0.1) is 23.6 Å². The predicted octanol–water partition coefficient (Wildman–Crippen LogP) is 1.46. The zero-order valence-corrected chi connectivity index (χ0v) is 15.8. The highest BCUT2D eigenvalue weighted by Gasteiger charge is 2.16. The van der Waals surface area contributed by atoms with Crippen molar-refractivity contribution in [3.63, 3.8) is 0 Å². The van der Waals surface area contributed by atoms with Gasteiger partial charge in [-0.05, 0) is 43.3 Å². The van der Waals surface area contributed by atoms with E-state index in [0.29, 0.717) is 11.3 Å². The third-order valence-corrected chi connectivity index (χ3v) is 3.63. The van der Waals surface area contributed by atoms with Gasteiger partial charge in [0.2, 0.25) is 5.91 Å². The number of hydrogen-bond acceptors (Lipinski definition) is 7. The van der Waals surface area contributed by atoms with Crippen LogP contribution in [0.15, 0.2) is 48.5 Å². The molecule has 0 bridgehead atoms. The summed E-state index contributed by atoms with van der Waals surface area (Å²) in [4.78, 5) is 57.2. The van der Waals surface area contributed by atoms with Gasteiger partial charge < -0.3 is 20.7 Å².